The van der Waals surface area contributed by atoms with Crippen LogP contribution >= 0.6 is 0 Å². The van der Waals surface area contributed by atoms with Gasteiger partial charge in [-0.25, -0.2) is 4.79 Å². The molecule has 1 aromatic carbocycles. The standard InChI is InChI=1S/C18H23NO4/c1-2-22-18(21)14-7-9-15(10-8-14)23-11-16(20)19-17(12-3-4-12)13-5-6-13/h7-10,12-13,17H,2-6,11H2,1H3,(H,19,20). The normalized spacial score (nSPS) is 17.0. The van der Waals surface area contributed by atoms with E-state index in [4.69, 9.17) is 9.47 Å². The Kier molecular flexibility index (Phi) is 4.84. The highest BCUT2D eigenvalue weighted by atomic mass is 16.5. The first-order chi connectivity index (χ1) is 11.2. The lowest BCUT2D eigenvalue weighted by Gasteiger charge is -2.17. The van der Waals surface area contributed by atoms with E-state index < -0.39 is 0 Å². The molecular weight excluding hydrogens is 294 g/mol. The molecule has 5 nitrogen and oxygen atoms in total. The van der Waals surface area contributed by atoms with Crippen LogP contribution in [0.4, 0.5) is 0 Å². The maximum absolute atomic E-state index is 12.0. The largest absolute Gasteiger partial charge is 0.484 e. The first-order valence-electron chi connectivity index (χ1n) is 8.36. The van der Waals surface area contributed by atoms with Crippen LogP contribution in [0.3, 0.4) is 0 Å². The van der Waals surface area contributed by atoms with Crippen molar-refractivity contribution in [2.45, 2.75) is 38.6 Å². The Balaban J connectivity index is 1.45. The molecule has 5 heteroatoms. The van der Waals surface area contributed by atoms with Gasteiger partial charge in [-0.2, -0.15) is 0 Å². The van der Waals surface area contributed by atoms with E-state index in [-0.39, 0.29) is 18.5 Å². The van der Waals surface area contributed by atoms with Gasteiger partial charge in [0.15, 0.2) is 6.61 Å². The molecule has 0 unspecified atom stereocenters. The lowest BCUT2D eigenvalue weighted by molar-refractivity contribution is -0.124. The highest BCUT2D eigenvalue weighted by Gasteiger charge is 2.42. The van der Waals surface area contributed by atoms with Crippen LogP contribution in [0, 0.1) is 11.8 Å². The van der Waals surface area contributed by atoms with Crippen molar-refractivity contribution in [1.82, 2.24) is 5.32 Å². The molecule has 2 saturated carbocycles. The average Bonchev–Trinajstić information content (AvgIpc) is 3.44. The van der Waals surface area contributed by atoms with Gasteiger partial charge < -0.3 is 14.8 Å². The van der Waals surface area contributed by atoms with Crippen LogP contribution in [0.2, 0.25) is 0 Å². The Bertz CT molecular complexity index is 549. The SMILES string of the molecule is CCOC(=O)c1ccc(OCC(=O)NC(C2CC2)C2CC2)cc1. The van der Waals surface area contributed by atoms with Gasteiger partial charge in [0.1, 0.15) is 5.75 Å². The Morgan fingerprint density at radius 3 is 2.26 bits per heavy atom. The van der Waals surface area contributed by atoms with Crippen LogP contribution in [0.5, 0.6) is 5.75 Å². The number of carbonyl (C=O) groups excluding carboxylic acids is 2. The van der Waals surface area contributed by atoms with Crippen molar-refractivity contribution in [3.8, 4) is 5.75 Å². The maximum atomic E-state index is 12.0. The van der Waals surface area contributed by atoms with E-state index in [2.05, 4.69) is 5.32 Å². The molecule has 0 aliphatic heterocycles. The van der Waals surface area contributed by atoms with E-state index in [9.17, 15) is 9.59 Å². The number of rotatable bonds is 8. The summed E-state index contributed by atoms with van der Waals surface area (Å²) in [5.41, 5.74) is 0.478. The van der Waals surface area contributed by atoms with Crippen LogP contribution in [0.15, 0.2) is 24.3 Å². The van der Waals surface area contributed by atoms with Gasteiger partial charge in [0, 0.05) is 6.04 Å². The molecule has 0 atom stereocenters. The topological polar surface area (TPSA) is 64.6 Å². The van der Waals surface area contributed by atoms with E-state index in [1.165, 1.54) is 25.7 Å². The summed E-state index contributed by atoms with van der Waals surface area (Å²) in [6.07, 6.45) is 4.94. The van der Waals surface area contributed by atoms with Crippen molar-refractivity contribution in [3.05, 3.63) is 29.8 Å². The summed E-state index contributed by atoms with van der Waals surface area (Å²) in [5, 5.41) is 3.12. The second kappa shape index (κ2) is 7.02. The fraction of sp³-hybridized carbons (Fsp3) is 0.556. The van der Waals surface area contributed by atoms with Crippen molar-refractivity contribution in [2.75, 3.05) is 13.2 Å². The smallest absolute Gasteiger partial charge is 0.338 e. The number of hydrogen-bond acceptors (Lipinski definition) is 4. The lowest BCUT2D eigenvalue weighted by Crippen LogP contribution is -2.40. The zero-order valence-corrected chi connectivity index (χ0v) is 13.4. The predicted molar refractivity (Wildman–Crippen MR) is 85.3 cm³/mol. The summed E-state index contributed by atoms with van der Waals surface area (Å²) >= 11 is 0. The summed E-state index contributed by atoms with van der Waals surface area (Å²) in [7, 11) is 0. The molecule has 2 aliphatic rings. The number of esters is 1. The number of benzene rings is 1. The van der Waals surface area contributed by atoms with Gasteiger partial charge in [0.05, 0.1) is 12.2 Å². The Labute approximate surface area is 136 Å². The number of hydrogen-bond donors (Lipinski definition) is 1. The molecule has 0 heterocycles. The van der Waals surface area contributed by atoms with Crippen LogP contribution in [0.25, 0.3) is 0 Å². The molecule has 1 aromatic rings. The quantitative estimate of drug-likeness (QED) is 0.748. The van der Waals surface area contributed by atoms with Crippen LogP contribution in [0.1, 0.15) is 43.0 Å². The number of nitrogens with one attached hydrogen (secondary N) is 1. The van der Waals surface area contributed by atoms with E-state index in [1.54, 1.807) is 31.2 Å². The fourth-order valence-electron chi connectivity index (χ4n) is 2.81. The fourth-order valence-corrected chi connectivity index (χ4v) is 2.81. The molecule has 2 fully saturated rings. The van der Waals surface area contributed by atoms with Gasteiger partial charge in [-0.15, -0.1) is 0 Å². The first kappa shape index (κ1) is 15.8. The van der Waals surface area contributed by atoms with Crippen LogP contribution in [-0.2, 0) is 9.53 Å². The molecule has 0 bridgehead atoms. The molecule has 124 valence electrons. The van der Waals surface area contributed by atoms with Gasteiger partial charge >= 0.3 is 5.97 Å². The minimum atomic E-state index is -0.353. The third kappa shape index (κ3) is 4.47. The van der Waals surface area contributed by atoms with Crippen molar-refractivity contribution < 1.29 is 19.1 Å². The Hall–Kier alpha value is -2.04. The van der Waals surface area contributed by atoms with E-state index in [0.717, 1.165) is 0 Å². The Morgan fingerprint density at radius 1 is 1.13 bits per heavy atom. The maximum Gasteiger partial charge on any atom is 0.338 e. The highest BCUT2D eigenvalue weighted by Crippen LogP contribution is 2.44. The number of ether oxygens (including phenoxy) is 2. The third-order valence-electron chi connectivity index (χ3n) is 4.32. The monoisotopic (exact) mass is 317 g/mol. The van der Waals surface area contributed by atoms with E-state index >= 15 is 0 Å². The second-order valence-electron chi connectivity index (χ2n) is 6.30. The molecule has 0 aromatic heterocycles. The minimum absolute atomic E-state index is 0.00862. The van der Waals surface area contributed by atoms with Gasteiger partial charge in [0.25, 0.3) is 5.91 Å². The summed E-state index contributed by atoms with van der Waals surface area (Å²) in [6.45, 7) is 2.12. The average molecular weight is 317 g/mol. The summed E-state index contributed by atoms with van der Waals surface area (Å²) in [4.78, 5) is 23.6. The summed E-state index contributed by atoms with van der Waals surface area (Å²) in [5.74, 6) is 1.50. The van der Waals surface area contributed by atoms with Gasteiger partial charge in [-0.05, 0) is 68.7 Å². The Morgan fingerprint density at radius 2 is 1.74 bits per heavy atom. The summed E-state index contributed by atoms with van der Waals surface area (Å²) in [6, 6.07) is 6.99. The lowest BCUT2D eigenvalue weighted by atomic mass is 10.1. The molecule has 1 N–H and O–H groups in total. The number of amides is 1. The van der Waals surface area contributed by atoms with Crippen molar-refractivity contribution in [2.24, 2.45) is 11.8 Å². The third-order valence-corrected chi connectivity index (χ3v) is 4.32. The van der Waals surface area contributed by atoms with Crippen molar-refractivity contribution >= 4 is 11.9 Å². The molecule has 1 amide bonds. The second-order valence-corrected chi connectivity index (χ2v) is 6.30. The molecule has 0 spiro atoms. The molecule has 0 radical (unpaired) electrons. The first-order valence-corrected chi connectivity index (χ1v) is 8.36. The number of carbonyl (C=O) groups is 2. The van der Waals surface area contributed by atoms with E-state index in [1.807, 2.05) is 0 Å². The molecular formula is C18H23NO4. The van der Waals surface area contributed by atoms with Crippen molar-refractivity contribution in [1.29, 1.82) is 0 Å². The predicted octanol–water partition coefficient (Wildman–Crippen LogP) is 2.55. The zero-order chi connectivity index (χ0) is 16.2. The van der Waals surface area contributed by atoms with Crippen molar-refractivity contribution in [3.63, 3.8) is 0 Å². The molecule has 3 rings (SSSR count). The molecule has 0 saturated heterocycles. The molecule has 23 heavy (non-hydrogen) atoms. The van der Waals surface area contributed by atoms with Gasteiger partial charge in [0.2, 0.25) is 0 Å². The van der Waals surface area contributed by atoms with Gasteiger partial charge in [-0.1, -0.05) is 0 Å². The van der Waals surface area contributed by atoms with E-state index in [0.29, 0.717) is 35.8 Å². The summed E-state index contributed by atoms with van der Waals surface area (Å²) < 4.78 is 10.4. The van der Waals surface area contributed by atoms with Gasteiger partial charge in [-0.3, -0.25) is 4.79 Å². The van der Waals surface area contributed by atoms with Crippen LogP contribution in [-0.4, -0.2) is 31.1 Å². The van der Waals surface area contributed by atoms with Crippen LogP contribution < -0.4 is 10.1 Å². The highest BCUT2D eigenvalue weighted by molar-refractivity contribution is 5.89. The minimum Gasteiger partial charge on any atom is -0.484 e. The zero-order valence-electron chi connectivity index (χ0n) is 13.4. The molecule has 2 aliphatic carbocycles.